The normalized spacial score (nSPS) is 11.5. The van der Waals surface area contributed by atoms with Gasteiger partial charge in [0.2, 0.25) is 0 Å². The monoisotopic (exact) mass is 281 g/mol. The Kier molecular flexibility index (Phi) is 5.07. The summed E-state index contributed by atoms with van der Waals surface area (Å²) in [6, 6.07) is 1.60. The fraction of sp³-hybridized carbons (Fsp3) is 0.538. The zero-order chi connectivity index (χ0) is 13.7. The SMILES string of the molecule is CN(CCCCCO)Cc1cc(=O)n2ccsc2n1. The molecule has 1 N–H and O–H groups in total. The maximum absolute atomic E-state index is 11.8. The molecule has 0 aromatic carbocycles. The predicted octanol–water partition coefficient (Wildman–Crippen LogP) is 1.35. The van der Waals surface area contributed by atoms with E-state index in [1.807, 2.05) is 12.4 Å². The third kappa shape index (κ3) is 3.86. The summed E-state index contributed by atoms with van der Waals surface area (Å²) in [5.41, 5.74) is 0.798. The zero-order valence-corrected chi connectivity index (χ0v) is 11.9. The third-order valence-electron chi connectivity index (χ3n) is 2.99. The molecule has 5 nitrogen and oxygen atoms in total. The van der Waals surface area contributed by atoms with Crippen LogP contribution in [0.4, 0.5) is 0 Å². The molecule has 2 rings (SSSR count). The van der Waals surface area contributed by atoms with Crippen molar-refractivity contribution < 1.29 is 5.11 Å². The van der Waals surface area contributed by atoms with Crippen LogP contribution in [-0.2, 0) is 6.54 Å². The van der Waals surface area contributed by atoms with Gasteiger partial charge in [0.25, 0.3) is 5.56 Å². The first-order valence-corrected chi connectivity index (χ1v) is 7.34. The average Bonchev–Trinajstić information content (AvgIpc) is 2.83. The molecular formula is C13H19N3O2S. The Labute approximate surface area is 116 Å². The van der Waals surface area contributed by atoms with Crippen molar-refractivity contribution in [3.05, 3.63) is 33.7 Å². The quantitative estimate of drug-likeness (QED) is 0.778. The second kappa shape index (κ2) is 6.79. The minimum atomic E-state index is -0.0186. The van der Waals surface area contributed by atoms with Gasteiger partial charge in [-0.25, -0.2) is 4.98 Å². The lowest BCUT2D eigenvalue weighted by molar-refractivity contribution is 0.270. The second-order valence-electron chi connectivity index (χ2n) is 4.66. The molecular weight excluding hydrogens is 262 g/mol. The van der Waals surface area contributed by atoms with Crippen molar-refractivity contribution in [3.63, 3.8) is 0 Å². The number of aliphatic hydroxyl groups excluding tert-OH is 1. The van der Waals surface area contributed by atoms with Gasteiger partial charge >= 0.3 is 0 Å². The predicted molar refractivity (Wildman–Crippen MR) is 76.6 cm³/mol. The molecule has 0 fully saturated rings. The van der Waals surface area contributed by atoms with Gasteiger partial charge < -0.3 is 10.0 Å². The Morgan fingerprint density at radius 3 is 3.05 bits per heavy atom. The van der Waals surface area contributed by atoms with Crippen LogP contribution in [-0.4, -0.2) is 39.6 Å². The fourth-order valence-corrected chi connectivity index (χ4v) is 2.73. The van der Waals surface area contributed by atoms with Crippen molar-refractivity contribution in [2.24, 2.45) is 0 Å². The molecule has 0 saturated heterocycles. The van der Waals surface area contributed by atoms with E-state index in [1.165, 1.54) is 11.3 Å². The van der Waals surface area contributed by atoms with E-state index in [0.717, 1.165) is 36.5 Å². The highest BCUT2D eigenvalue weighted by atomic mass is 32.1. The number of aromatic nitrogens is 2. The first-order chi connectivity index (χ1) is 9.20. The molecule has 2 aromatic heterocycles. The summed E-state index contributed by atoms with van der Waals surface area (Å²) >= 11 is 1.47. The van der Waals surface area contributed by atoms with Crippen LogP contribution in [0.25, 0.3) is 4.96 Å². The van der Waals surface area contributed by atoms with E-state index in [-0.39, 0.29) is 12.2 Å². The molecule has 0 saturated carbocycles. The summed E-state index contributed by atoms with van der Waals surface area (Å²) < 4.78 is 1.56. The number of rotatable bonds is 7. The molecule has 0 radical (unpaired) electrons. The molecule has 0 unspecified atom stereocenters. The maximum Gasteiger partial charge on any atom is 0.258 e. The molecule has 104 valence electrons. The number of fused-ring (bicyclic) bond motifs is 1. The van der Waals surface area contributed by atoms with Crippen LogP contribution in [0.2, 0.25) is 0 Å². The smallest absolute Gasteiger partial charge is 0.258 e. The summed E-state index contributed by atoms with van der Waals surface area (Å²) in [6.45, 7) is 1.89. The standard InChI is InChI=1S/C13H19N3O2S/c1-15(5-3-2-4-7-17)10-11-9-12(18)16-6-8-19-13(16)14-11/h6,8-9,17H,2-5,7,10H2,1H3. The number of nitrogens with zero attached hydrogens (tertiary/aromatic N) is 3. The topological polar surface area (TPSA) is 57.8 Å². The van der Waals surface area contributed by atoms with E-state index in [4.69, 9.17) is 5.11 Å². The number of hydrogen-bond donors (Lipinski definition) is 1. The van der Waals surface area contributed by atoms with E-state index in [2.05, 4.69) is 9.88 Å². The summed E-state index contributed by atoms with van der Waals surface area (Å²) in [6.07, 6.45) is 4.69. The van der Waals surface area contributed by atoms with E-state index in [9.17, 15) is 4.79 Å². The lowest BCUT2D eigenvalue weighted by atomic mass is 10.2. The van der Waals surface area contributed by atoms with Crippen LogP contribution >= 0.6 is 11.3 Å². The molecule has 0 aliphatic heterocycles. The van der Waals surface area contributed by atoms with Gasteiger partial charge in [-0.3, -0.25) is 9.20 Å². The van der Waals surface area contributed by atoms with E-state index < -0.39 is 0 Å². The Morgan fingerprint density at radius 2 is 2.26 bits per heavy atom. The van der Waals surface area contributed by atoms with Gasteiger partial charge in [0.05, 0.1) is 5.69 Å². The summed E-state index contributed by atoms with van der Waals surface area (Å²) in [7, 11) is 2.02. The Bertz CT molecular complexity index is 579. The number of unbranched alkanes of at least 4 members (excludes halogenated alkanes) is 2. The lowest BCUT2D eigenvalue weighted by Crippen LogP contribution is -2.22. The largest absolute Gasteiger partial charge is 0.396 e. The van der Waals surface area contributed by atoms with Gasteiger partial charge in [0.1, 0.15) is 0 Å². The minimum absolute atomic E-state index is 0.0186. The number of aliphatic hydroxyl groups is 1. The molecule has 0 amide bonds. The molecule has 0 spiro atoms. The maximum atomic E-state index is 11.8. The second-order valence-corrected chi connectivity index (χ2v) is 5.54. The van der Waals surface area contributed by atoms with Crippen LogP contribution < -0.4 is 5.56 Å². The molecule has 2 heterocycles. The van der Waals surface area contributed by atoms with Crippen molar-refractivity contribution in [2.45, 2.75) is 25.8 Å². The van der Waals surface area contributed by atoms with E-state index in [1.54, 1.807) is 16.7 Å². The first kappa shape index (κ1) is 14.2. The summed E-state index contributed by atoms with van der Waals surface area (Å²) in [5.74, 6) is 0. The van der Waals surface area contributed by atoms with Crippen LogP contribution in [0.5, 0.6) is 0 Å². The van der Waals surface area contributed by atoms with Gasteiger partial charge in [-0.15, -0.1) is 11.3 Å². The van der Waals surface area contributed by atoms with Gasteiger partial charge in [0, 0.05) is 30.8 Å². The molecule has 0 bridgehead atoms. The van der Waals surface area contributed by atoms with Crippen molar-refractivity contribution in [3.8, 4) is 0 Å². The number of hydrogen-bond acceptors (Lipinski definition) is 5. The van der Waals surface area contributed by atoms with E-state index in [0.29, 0.717) is 6.54 Å². The van der Waals surface area contributed by atoms with E-state index >= 15 is 0 Å². The van der Waals surface area contributed by atoms with Crippen LogP contribution in [0.1, 0.15) is 25.0 Å². The fourth-order valence-electron chi connectivity index (χ4n) is 1.99. The van der Waals surface area contributed by atoms with Gasteiger partial charge in [-0.1, -0.05) is 0 Å². The van der Waals surface area contributed by atoms with Gasteiger partial charge in [-0.2, -0.15) is 0 Å². The zero-order valence-electron chi connectivity index (χ0n) is 11.1. The Hall–Kier alpha value is -1.24. The summed E-state index contributed by atoms with van der Waals surface area (Å²) in [5, 5.41) is 10.6. The molecule has 0 aliphatic carbocycles. The Balaban J connectivity index is 1.95. The highest BCUT2D eigenvalue weighted by molar-refractivity contribution is 7.15. The van der Waals surface area contributed by atoms with Crippen molar-refractivity contribution in [1.82, 2.24) is 14.3 Å². The molecule has 2 aromatic rings. The van der Waals surface area contributed by atoms with Crippen molar-refractivity contribution in [1.29, 1.82) is 0 Å². The molecule has 19 heavy (non-hydrogen) atoms. The lowest BCUT2D eigenvalue weighted by Gasteiger charge is -2.15. The Morgan fingerprint density at radius 1 is 1.42 bits per heavy atom. The highest BCUT2D eigenvalue weighted by Gasteiger charge is 2.06. The van der Waals surface area contributed by atoms with Gasteiger partial charge in [-0.05, 0) is 32.9 Å². The van der Waals surface area contributed by atoms with Crippen LogP contribution in [0.15, 0.2) is 22.4 Å². The number of thiazole rings is 1. The average molecular weight is 281 g/mol. The third-order valence-corrected chi connectivity index (χ3v) is 3.74. The highest BCUT2D eigenvalue weighted by Crippen LogP contribution is 2.08. The van der Waals surface area contributed by atoms with Crippen molar-refractivity contribution >= 4 is 16.3 Å². The van der Waals surface area contributed by atoms with Gasteiger partial charge in [0.15, 0.2) is 4.96 Å². The van der Waals surface area contributed by atoms with Crippen molar-refractivity contribution in [2.75, 3.05) is 20.2 Å². The molecule has 0 atom stereocenters. The van der Waals surface area contributed by atoms with Crippen LogP contribution in [0, 0.1) is 0 Å². The van der Waals surface area contributed by atoms with Crippen LogP contribution in [0.3, 0.4) is 0 Å². The minimum Gasteiger partial charge on any atom is -0.396 e. The molecule has 6 heteroatoms. The molecule has 0 aliphatic rings. The first-order valence-electron chi connectivity index (χ1n) is 6.46. The summed E-state index contributed by atoms with van der Waals surface area (Å²) in [4.78, 5) is 19.2.